The van der Waals surface area contributed by atoms with E-state index in [4.69, 9.17) is 0 Å². The van der Waals surface area contributed by atoms with Crippen LogP contribution in [0.15, 0.2) is 28.7 Å². The van der Waals surface area contributed by atoms with E-state index in [0.29, 0.717) is 12.0 Å². The molecule has 0 saturated carbocycles. The fourth-order valence-electron chi connectivity index (χ4n) is 2.89. The van der Waals surface area contributed by atoms with Gasteiger partial charge in [0.2, 0.25) is 5.91 Å². The maximum absolute atomic E-state index is 12.9. The van der Waals surface area contributed by atoms with Crippen molar-refractivity contribution in [2.45, 2.75) is 38.1 Å². The molecular weight excluding hydrogens is 388 g/mol. The fraction of sp³-hybridized carbons (Fsp3) is 0.556. The highest BCUT2D eigenvalue weighted by atomic mass is 79.9. The SMILES string of the molecule is CSCCC(NC(=O)c1ccccc1Br)C(=O)N1CCCCCC1. The monoisotopic (exact) mass is 412 g/mol. The minimum Gasteiger partial charge on any atom is -0.341 e. The van der Waals surface area contributed by atoms with E-state index in [1.165, 1.54) is 12.8 Å². The van der Waals surface area contributed by atoms with Crippen molar-refractivity contribution < 1.29 is 9.59 Å². The summed E-state index contributed by atoms with van der Waals surface area (Å²) < 4.78 is 0.744. The van der Waals surface area contributed by atoms with Crippen molar-refractivity contribution in [1.29, 1.82) is 0 Å². The maximum Gasteiger partial charge on any atom is 0.253 e. The van der Waals surface area contributed by atoms with Crippen LogP contribution in [0.5, 0.6) is 0 Å². The van der Waals surface area contributed by atoms with E-state index >= 15 is 0 Å². The largest absolute Gasteiger partial charge is 0.341 e. The minimum atomic E-state index is -0.449. The van der Waals surface area contributed by atoms with E-state index < -0.39 is 6.04 Å². The van der Waals surface area contributed by atoms with Gasteiger partial charge in [-0.25, -0.2) is 0 Å². The standard InChI is InChI=1S/C18H25BrN2O2S/c1-24-13-10-16(18(23)21-11-6-2-3-7-12-21)20-17(22)14-8-4-5-9-15(14)19/h4-5,8-9,16H,2-3,6-7,10-13H2,1H3,(H,20,22). The summed E-state index contributed by atoms with van der Waals surface area (Å²) in [6, 6.07) is 6.85. The number of rotatable bonds is 6. The number of hydrogen-bond acceptors (Lipinski definition) is 3. The van der Waals surface area contributed by atoms with Crippen molar-refractivity contribution in [3.63, 3.8) is 0 Å². The molecule has 24 heavy (non-hydrogen) atoms. The van der Waals surface area contributed by atoms with Gasteiger partial charge in [-0.1, -0.05) is 25.0 Å². The molecule has 1 N–H and O–H groups in total. The molecule has 1 aromatic carbocycles. The van der Waals surface area contributed by atoms with E-state index in [1.807, 2.05) is 29.4 Å². The molecule has 0 bridgehead atoms. The van der Waals surface area contributed by atoms with Crippen molar-refractivity contribution in [3.8, 4) is 0 Å². The van der Waals surface area contributed by atoms with Crippen molar-refractivity contribution in [2.75, 3.05) is 25.1 Å². The molecule has 0 aliphatic carbocycles. The summed E-state index contributed by atoms with van der Waals surface area (Å²) in [5.41, 5.74) is 0.565. The third-order valence-corrected chi connectivity index (χ3v) is 5.59. The number of hydrogen-bond donors (Lipinski definition) is 1. The smallest absolute Gasteiger partial charge is 0.253 e. The predicted octanol–water partition coefficient (Wildman–Crippen LogP) is 3.70. The molecule has 6 heteroatoms. The molecule has 4 nitrogen and oxygen atoms in total. The lowest BCUT2D eigenvalue weighted by Crippen LogP contribution is -2.49. The second-order valence-corrected chi connectivity index (χ2v) is 7.87. The topological polar surface area (TPSA) is 49.4 Å². The molecule has 1 aliphatic rings. The third kappa shape index (κ3) is 5.52. The summed E-state index contributed by atoms with van der Waals surface area (Å²) in [6.07, 6.45) is 7.15. The van der Waals surface area contributed by atoms with Crippen LogP contribution in [0.4, 0.5) is 0 Å². The Labute approximate surface area is 156 Å². The zero-order chi connectivity index (χ0) is 17.4. The molecule has 1 unspecified atom stereocenters. The van der Waals surface area contributed by atoms with Crippen LogP contribution in [0, 0.1) is 0 Å². The van der Waals surface area contributed by atoms with Crippen LogP contribution < -0.4 is 5.32 Å². The Morgan fingerprint density at radius 2 is 1.88 bits per heavy atom. The Balaban J connectivity index is 2.07. The van der Waals surface area contributed by atoms with Gasteiger partial charge in [-0.05, 0) is 59.3 Å². The second kappa shape index (κ2) is 10.1. The van der Waals surface area contributed by atoms with Crippen LogP contribution in [0.1, 0.15) is 42.5 Å². The van der Waals surface area contributed by atoms with Gasteiger partial charge in [-0.15, -0.1) is 0 Å². The number of carbonyl (C=O) groups excluding carboxylic acids is 2. The summed E-state index contributed by atoms with van der Waals surface area (Å²) in [5.74, 6) is 0.712. The normalized spacial score (nSPS) is 16.3. The summed E-state index contributed by atoms with van der Waals surface area (Å²) in [6.45, 7) is 1.61. The Kier molecular flexibility index (Phi) is 8.12. The van der Waals surface area contributed by atoms with Crippen molar-refractivity contribution >= 4 is 39.5 Å². The van der Waals surface area contributed by atoms with Gasteiger partial charge in [-0.2, -0.15) is 11.8 Å². The number of halogens is 1. The molecule has 2 rings (SSSR count). The first kappa shape index (κ1) is 19.3. The highest BCUT2D eigenvalue weighted by molar-refractivity contribution is 9.10. The van der Waals surface area contributed by atoms with Gasteiger partial charge in [-0.3, -0.25) is 9.59 Å². The van der Waals surface area contributed by atoms with Crippen LogP contribution in [0.25, 0.3) is 0 Å². The summed E-state index contributed by atoms with van der Waals surface area (Å²) in [7, 11) is 0. The quantitative estimate of drug-likeness (QED) is 0.774. The fourth-order valence-corrected chi connectivity index (χ4v) is 3.82. The Bertz CT molecular complexity index is 560. The van der Waals surface area contributed by atoms with Gasteiger partial charge in [0, 0.05) is 17.6 Å². The van der Waals surface area contributed by atoms with Gasteiger partial charge in [0.15, 0.2) is 0 Å². The minimum absolute atomic E-state index is 0.0614. The summed E-state index contributed by atoms with van der Waals surface area (Å²) in [4.78, 5) is 27.4. The molecule has 1 atom stereocenters. The molecule has 0 aromatic heterocycles. The van der Waals surface area contributed by atoms with E-state index in [1.54, 1.807) is 17.8 Å². The van der Waals surface area contributed by atoms with Gasteiger partial charge in [0.05, 0.1) is 5.56 Å². The Hall–Kier alpha value is -1.01. The lowest BCUT2D eigenvalue weighted by Gasteiger charge is -2.27. The van der Waals surface area contributed by atoms with Crippen LogP contribution >= 0.6 is 27.7 Å². The van der Waals surface area contributed by atoms with Crippen molar-refractivity contribution in [3.05, 3.63) is 34.3 Å². The highest BCUT2D eigenvalue weighted by Gasteiger charge is 2.26. The molecule has 1 fully saturated rings. The number of carbonyl (C=O) groups is 2. The van der Waals surface area contributed by atoms with Crippen LogP contribution in [-0.2, 0) is 4.79 Å². The van der Waals surface area contributed by atoms with Gasteiger partial charge in [0.1, 0.15) is 6.04 Å². The average Bonchev–Trinajstić information content (AvgIpc) is 2.87. The Morgan fingerprint density at radius 3 is 2.50 bits per heavy atom. The van der Waals surface area contributed by atoms with E-state index in [2.05, 4.69) is 21.2 Å². The lowest BCUT2D eigenvalue weighted by atomic mass is 10.1. The van der Waals surface area contributed by atoms with Crippen LogP contribution in [0.2, 0.25) is 0 Å². The van der Waals surface area contributed by atoms with E-state index in [-0.39, 0.29) is 11.8 Å². The molecule has 0 spiro atoms. The molecule has 1 aliphatic heterocycles. The number of amides is 2. The van der Waals surface area contributed by atoms with Crippen molar-refractivity contribution in [2.24, 2.45) is 0 Å². The average molecular weight is 413 g/mol. The van der Waals surface area contributed by atoms with Crippen molar-refractivity contribution in [1.82, 2.24) is 10.2 Å². The molecule has 132 valence electrons. The summed E-state index contributed by atoms with van der Waals surface area (Å²) in [5, 5.41) is 2.95. The molecule has 1 saturated heterocycles. The van der Waals surface area contributed by atoms with Gasteiger partial charge in [0.25, 0.3) is 5.91 Å². The lowest BCUT2D eigenvalue weighted by molar-refractivity contribution is -0.133. The third-order valence-electron chi connectivity index (χ3n) is 4.25. The maximum atomic E-state index is 12.9. The van der Waals surface area contributed by atoms with E-state index in [0.717, 1.165) is 36.2 Å². The number of nitrogens with zero attached hydrogens (tertiary/aromatic N) is 1. The highest BCUT2D eigenvalue weighted by Crippen LogP contribution is 2.17. The Morgan fingerprint density at radius 1 is 1.21 bits per heavy atom. The van der Waals surface area contributed by atoms with Gasteiger partial charge < -0.3 is 10.2 Å². The first-order valence-electron chi connectivity index (χ1n) is 8.46. The first-order valence-corrected chi connectivity index (χ1v) is 10.7. The number of thioether (sulfide) groups is 1. The number of nitrogens with one attached hydrogen (secondary N) is 1. The molecule has 1 heterocycles. The molecule has 2 amide bonds. The zero-order valence-electron chi connectivity index (χ0n) is 14.1. The molecule has 0 radical (unpaired) electrons. The van der Waals surface area contributed by atoms with Crippen LogP contribution in [-0.4, -0.2) is 47.9 Å². The summed E-state index contributed by atoms with van der Waals surface area (Å²) >= 11 is 5.10. The first-order chi connectivity index (χ1) is 11.6. The second-order valence-electron chi connectivity index (χ2n) is 6.03. The molecular formula is C18H25BrN2O2S. The number of likely N-dealkylation sites (tertiary alicyclic amines) is 1. The predicted molar refractivity (Wildman–Crippen MR) is 103 cm³/mol. The zero-order valence-corrected chi connectivity index (χ0v) is 16.5. The van der Waals surface area contributed by atoms with Crippen LogP contribution in [0.3, 0.4) is 0 Å². The molecule has 1 aromatic rings. The van der Waals surface area contributed by atoms with E-state index in [9.17, 15) is 9.59 Å². The number of benzene rings is 1. The van der Waals surface area contributed by atoms with Gasteiger partial charge >= 0.3 is 0 Å².